The molecule has 138 valence electrons. The molecule has 0 aliphatic heterocycles. The minimum Gasteiger partial charge on any atom is -0.467 e. The zero-order valence-corrected chi connectivity index (χ0v) is 14.9. The van der Waals surface area contributed by atoms with Gasteiger partial charge in [-0.1, -0.05) is 30.3 Å². The topological polar surface area (TPSA) is 83.4 Å². The number of carbonyl (C=O) groups excluding carboxylic acids is 2. The monoisotopic (exact) mass is 363 g/mol. The number of nitrogens with one attached hydrogen (secondary N) is 3. The molecule has 1 heterocycles. The number of carbonyl (C=O) groups is 2. The van der Waals surface area contributed by atoms with Crippen molar-refractivity contribution in [2.24, 2.45) is 0 Å². The van der Waals surface area contributed by atoms with Crippen molar-refractivity contribution in [1.29, 1.82) is 0 Å². The lowest BCUT2D eigenvalue weighted by Gasteiger charge is -2.17. The summed E-state index contributed by atoms with van der Waals surface area (Å²) in [5.41, 5.74) is 2.35. The highest BCUT2D eigenvalue weighted by atomic mass is 16.3. The van der Waals surface area contributed by atoms with Gasteiger partial charge in [-0.2, -0.15) is 0 Å². The van der Waals surface area contributed by atoms with Crippen molar-refractivity contribution in [2.45, 2.75) is 13.0 Å². The number of hydrogen-bond donors (Lipinski definition) is 3. The standard InChI is InChI=1S/C21H21N3O3/c1-15(25)23-17-9-11-18(12-10-17)24-20(26)14-22-21(19-8-5-13-27-19)16-6-3-2-4-7-16/h2-13,21-22H,14H2,1H3,(H,23,25)(H,24,26)/t21-/m1/s1. The van der Waals surface area contributed by atoms with Gasteiger partial charge in [0.05, 0.1) is 18.8 Å². The number of anilines is 2. The Hall–Kier alpha value is -3.38. The maximum atomic E-state index is 12.3. The van der Waals surface area contributed by atoms with Crippen LogP contribution in [0, 0.1) is 0 Å². The summed E-state index contributed by atoms with van der Waals surface area (Å²) in [6, 6.07) is 20.3. The highest BCUT2D eigenvalue weighted by Crippen LogP contribution is 2.22. The first kappa shape index (κ1) is 18.4. The van der Waals surface area contributed by atoms with E-state index in [0.717, 1.165) is 11.3 Å². The Kier molecular flexibility index (Phi) is 6.02. The molecule has 1 atom stereocenters. The molecule has 6 nitrogen and oxygen atoms in total. The van der Waals surface area contributed by atoms with Gasteiger partial charge in [0.2, 0.25) is 11.8 Å². The number of hydrogen-bond acceptors (Lipinski definition) is 4. The predicted octanol–water partition coefficient (Wildman–Crippen LogP) is 3.56. The molecule has 0 spiro atoms. The molecule has 1 aromatic heterocycles. The van der Waals surface area contributed by atoms with Crippen LogP contribution in [0.15, 0.2) is 77.4 Å². The number of rotatable bonds is 7. The molecule has 0 unspecified atom stereocenters. The van der Waals surface area contributed by atoms with Gasteiger partial charge in [0, 0.05) is 18.3 Å². The minimum atomic E-state index is -0.214. The summed E-state index contributed by atoms with van der Waals surface area (Å²) in [6.45, 7) is 1.57. The quantitative estimate of drug-likeness (QED) is 0.599. The molecule has 27 heavy (non-hydrogen) atoms. The second-order valence-corrected chi connectivity index (χ2v) is 6.05. The fourth-order valence-corrected chi connectivity index (χ4v) is 2.72. The van der Waals surface area contributed by atoms with Crippen molar-refractivity contribution in [3.63, 3.8) is 0 Å². The largest absolute Gasteiger partial charge is 0.467 e. The third-order valence-electron chi connectivity index (χ3n) is 3.92. The summed E-state index contributed by atoms with van der Waals surface area (Å²) < 4.78 is 5.52. The maximum Gasteiger partial charge on any atom is 0.238 e. The fourth-order valence-electron chi connectivity index (χ4n) is 2.72. The van der Waals surface area contributed by atoms with Gasteiger partial charge in [-0.15, -0.1) is 0 Å². The first-order chi connectivity index (χ1) is 13.1. The van der Waals surface area contributed by atoms with E-state index in [-0.39, 0.29) is 24.4 Å². The summed E-state index contributed by atoms with van der Waals surface area (Å²) in [7, 11) is 0. The first-order valence-electron chi connectivity index (χ1n) is 8.61. The van der Waals surface area contributed by atoms with E-state index >= 15 is 0 Å². The molecule has 0 aliphatic rings. The minimum absolute atomic E-state index is 0.119. The third-order valence-corrected chi connectivity index (χ3v) is 3.92. The van der Waals surface area contributed by atoms with E-state index in [1.54, 1.807) is 30.5 Å². The number of benzene rings is 2. The molecule has 3 aromatic rings. The van der Waals surface area contributed by atoms with E-state index in [9.17, 15) is 9.59 Å². The van der Waals surface area contributed by atoms with Crippen LogP contribution in [0.3, 0.4) is 0 Å². The van der Waals surface area contributed by atoms with Gasteiger partial charge in [-0.25, -0.2) is 0 Å². The Bertz CT molecular complexity index is 875. The molecular formula is C21H21N3O3. The zero-order chi connectivity index (χ0) is 19.1. The number of furan rings is 1. The van der Waals surface area contributed by atoms with Crippen LogP contribution in [0.25, 0.3) is 0 Å². The van der Waals surface area contributed by atoms with Crippen molar-refractivity contribution >= 4 is 23.2 Å². The number of amides is 2. The second-order valence-electron chi connectivity index (χ2n) is 6.05. The van der Waals surface area contributed by atoms with Crippen LogP contribution in [0.5, 0.6) is 0 Å². The lowest BCUT2D eigenvalue weighted by Crippen LogP contribution is -2.31. The van der Waals surface area contributed by atoms with E-state index in [1.807, 2.05) is 42.5 Å². The van der Waals surface area contributed by atoms with Gasteiger partial charge >= 0.3 is 0 Å². The zero-order valence-electron chi connectivity index (χ0n) is 14.9. The van der Waals surface area contributed by atoms with Crippen LogP contribution in [-0.2, 0) is 9.59 Å². The van der Waals surface area contributed by atoms with Crippen LogP contribution in [0.1, 0.15) is 24.3 Å². The molecule has 2 amide bonds. The van der Waals surface area contributed by atoms with Crippen molar-refractivity contribution in [3.05, 3.63) is 84.3 Å². The molecule has 0 radical (unpaired) electrons. The average molecular weight is 363 g/mol. The highest BCUT2D eigenvalue weighted by molar-refractivity contribution is 5.93. The van der Waals surface area contributed by atoms with Crippen LogP contribution in [0.2, 0.25) is 0 Å². The first-order valence-corrected chi connectivity index (χ1v) is 8.61. The summed E-state index contributed by atoms with van der Waals surface area (Å²) in [6.07, 6.45) is 1.61. The van der Waals surface area contributed by atoms with Crippen LogP contribution >= 0.6 is 0 Å². The lowest BCUT2D eigenvalue weighted by molar-refractivity contribution is -0.115. The molecule has 6 heteroatoms. The summed E-state index contributed by atoms with van der Waals surface area (Å²) in [5, 5.41) is 8.75. The van der Waals surface area contributed by atoms with Gasteiger partial charge in [0.1, 0.15) is 5.76 Å². The van der Waals surface area contributed by atoms with E-state index in [1.165, 1.54) is 6.92 Å². The smallest absolute Gasteiger partial charge is 0.238 e. The summed E-state index contributed by atoms with van der Waals surface area (Å²) in [5.74, 6) is 0.435. The van der Waals surface area contributed by atoms with Gasteiger partial charge < -0.3 is 15.1 Å². The Labute approximate surface area is 157 Å². The van der Waals surface area contributed by atoms with Gasteiger partial charge in [-0.3, -0.25) is 14.9 Å². The van der Waals surface area contributed by atoms with E-state index in [4.69, 9.17) is 4.42 Å². The highest BCUT2D eigenvalue weighted by Gasteiger charge is 2.17. The van der Waals surface area contributed by atoms with E-state index in [0.29, 0.717) is 11.4 Å². The molecule has 0 bridgehead atoms. The van der Waals surface area contributed by atoms with Gasteiger partial charge in [-0.05, 0) is 42.0 Å². The van der Waals surface area contributed by atoms with Gasteiger partial charge in [0.15, 0.2) is 0 Å². The molecule has 0 saturated heterocycles. The van der Waals surface area contributed by atoms with Gasteiger partial charge in [0.25, 0.3) is 0 Å². The van der Waals surface area contributed by atoms with Crippen molar-refractivity contribution in [2.75, 3.05) is 17.2 Å². The Balaban J connectivity index is 1.60. The van der Waals surface area contributed by atoms with E-state index in [2.05, 4.69) is 16.0 Å². The van der Waals surface area contributed by atoms with Crippen molar-refractivity contribution < 1.29 is 14.0 Å². The van der Waals surface area contributed by atoms with Crippen LogP contribution in [0.4, 0.5) is 11.4 Å². The SMILES string of the molecule is CC(=O)Nc1ccc(NC(=O)CN[C@H](c2ccccc2)c2ccco2)cc1. The maximum absolute atomic E-state index is 12.3. The average Bonchev–Trinajstić information content (AvgIpc) is 3.18. The molecular weight excluding hydrogens is 342 g/mol. The lowest BCUT2D eigenvalue weighted by atomic mass is 10.0. The van der Waals surface area contributed by atoms with Crippen molar-refractivity contribution in [1.82, 2.24) is 5.32 Å². The molecule has 0 aliphatic carbocycles. The third kappa shape index (κ3) is 5.29. The Morgan fingerprint density at radius 1 is 0.889 bits per heavy atom. The normalized spacial score (nSPS) is 11.6. The summed E-state index contributed by atoms with van der Waals surface area (Å²) >= 11 is 0. The molecule has 0 saturated carbocycles. The Morgan fingerprint density at radius 2 is 1.56 bits per heavy atom. The van der Waals surface area contributed by atoms with Crippen molar-refractivity contribution in [3.8, 4) is 0 Å². The summed E-state index contributed by atoms with van der Waals surface area (Å²) in [4.78, 5) is 23.3. The molecule has 3 rings (SSSR count). The van der Waals surface area contributed by atoms with E-state index < -0.39 is 0 Å². The molecule has 3 N–H and O–H groups in total. The fraction of sp³-hybridized carbons (Fsp3) is 0.143. The Morgan fingerprint density at radius 3 is 2.15 bits per heavy atom. The predicted molar refractivity (Wildman–Crippen MR) is 104 cm³/mol. The second kappa shape index (κ2) is 8.82. The molecule has 2 aromatic carbocycles. The molecule has 0 fully saturated rings. The van der Waals surface area contributed by atoms with Crippen LogP contribution in [-0.4, -0.2) is 18.4 Å². The van der Waals surface area contributed by atoms with Crippen LogP contribution < -0.4 is 16.0 Å².